The highest BCUT2D eigenvalue weighted by Crippen LogP contribution is 2.36. The summed E-state index contributed by atoms with van der Waals surface area (Å²) in [5, 5.41) is 5.13. The van der Waals surface area contributed by atoms with E-state index < -0.39 is 5.97 Å². The van der Waals surface area contributed by atoms with Gasteiger partial charge in [-0.3, -0.25) is 0 Å². The molecule has 1 unspecified atom stereocenters. The molecule has 0 bridgehead atoms. The maximum Gasteiger partial charge on any atom is 0.337 e. The fraction of sp³-hybridized carbons (Fsp3) is 0.360. The maximum atomic E-state index is 12.0. The molecule has 0 aliphatic carbocycles. The molecule has 0 aliphatic heterocycles. The first-order chi connectivity index (χ1) is 16.1. The van der Waals surface area contributed by atoms with Gasteiger partial charge in [0.2, 0.25) is 0 Å². The molecule has 0 saturated heterocycles. The van der Waals surface area contributed by atoms with Gasteiger partial charge >= 0.3 is 12.0 Å². The lowest BCUT2D eigenvalue weighted by atomic mass is 9.99. The molecule has 0 aliphatic rings. The van der Waals surface area contributed by atoms with Gasteiger partial charge in [0.15, 0.2) is 0 Å². The molecule has 2 aromatic carbocycles. The van der Waals surface area contributed by atoms with Crippen LogP contribution in [-0.4, -0.2) is 55.8 Å². The number of fused-ring (bicyclic) bond motifs is 1. The van der Waals surface area contributed by atoms with Crippen molar-refractivity contribution in [1.82, 2.24) is 14.8 Å². The van der Waals surface area contributed by atoms with Gasteiger partial charge < -0.3 is 24.3 Å². The smallest absolute Gasteiger partial charge is 0.337 e. The summed E-state index contributed by atoms with van der Waals surface area (Å²) in [6.45, 7) is 1.94. The van der Waals surface area contributed by atoms with Crippen molar-refractivity contribution in [3.8, 4) is 5.75 Å². The molecule has 0 radical (unpaired) electrons. The lowest BCUT2D eigenvalue weighted by molar-refractivity contribution is 0.0600. The van der Waals surface area contributed by atoms with E-state index in [1.807, 2.05) is 36.7 Å². The molecule has 0 fully saturated rings. The SMILES string of the molecule is COC(=O)c1ccc(Cc2c(Cl)n(C)c3cc(Cl)c(CC(C)NC(=O)N(C)C)cc23)c(OC)c1. The van der Waals surface area contributed by atoms with Crippen molar-refractivity contribution in [2.75, 3.05) is 28.3 Å². The number of benzene rings is 2. The number of nitrogens with zero attached hydrogens (tertiary/aromatic N) is 2. The summed E-state index contributed by atoms with van der Waals surface area (Å²) in [4.78, 5) is 25.4. The van der Waals surface area contributed by atoms with Gasteiger partial charge in [-0.2, -0.15) is 0 Å². The first-order valence-electron chi connectivity index (χ1n) is 10.8. The number of ether oxygens (including phenoxy) is 2. The van der Waals surface area contributed by atoms with Crippen molar-refractivity contribution in [3.05, 3.63) is 62.8 Å². The van der Waals surface area contributed by atoms with E-state index >= 15 is 0 Å². The number of amides is 2. The molecule has 3 aromatic rings. The molecule has 2 amide bonds. The van der Waals surface area contributed by atoms with Crippen LogP contribution in [-0.2, 0) is 24.6 Å². The Morgan fingerprint density at radius 3 is 2.44 bits per heavy atom. The number of aryl methyl sites for hydroxylation is 1. The van der Waals surface area contributed by atoms with Crippen LogP contribution >= 0.6 is 23.2 Å². The topological polar surface area (TPSA) is 72.8 Å². The van der Waals surface area contributed by atoms with Gasteiger partial charge in [0.25, 0.3) is 0 Å². The van der Waals surface area contributed by atoms with Gasteiger partial charge in [-0.05, 0) is 48.7 Å². The molecule has 1 atom stereocenters. The number of aromatic nitrogens is 1. The minimum Gasteiger partial charge on any atom is -0.496 e. The third-order valence-corrected chi connectivity index (χ3v) is 6.61. The largest absolute Gasteiger partial charge is 0.496 e. The second-order valence-corrected chi connectivity index (χ2v) is 9.20. The molecule has 1 N–H and O–H groups in total. The average Bonchev–Trinajstić information content (AvgIpc) is 3.02. The van der Waals surface area contributed by atoms with E-state index in [1.54, 1.807) is 33.3 Å². The number of nitrogens with one attached hydrogen (secondary N) is 1. The van der Waals surface area contributed by atoms with Gasteiger partial charge in [-0.15, -0.1) is 0 Å². The molecule has 9 heteroatoms. The molecule has 3 rings (SSSR count). The first-order valence-corrected chi connectivity index (χ1v) is 11.5. The molecule has 0 spiro atoms. The number of methoxy groups -OCH3 is 2. The second-order valence-electron chi connectivity index (χ2n) is 8.43. The Morgan fingerprint density at radius 1 is 1.12 bits per heavy atom. The van der Waals surface area contributed by atoms with Crippen molar-refractivity contribution in [1.29, 1.82) is 0 Å². The Labute approximate surface area is 209 Å². The van der Waals surface area contributed by atoms with Gasteiger partial charge in [0.05, 0.1) is 25.3 Å². The first kappa shape index (κ1) is 25.7. The zero-order chi connectivity index (χ0) is 25.2. The molecule has 182 valence electrons. The minimum atomic E-state index is -0.428. The van der Waals surface area contributed by atoms with Crippen molar-refractivity contribution < 1.29 is 19.1 Å². The minimum absolute atomic E-state index is 0.113. The van der Waals surface area contributed by atoms with E-state index in [-0.39, 0.29) is 12.1 Å². The zero-order valence-electron chi connectivity index (χ0n) is 20.2. The van der Waals surface area contributed by atoms with E-state index in [0.29, 0.717) is 34.3 Å². The van der Waals surface area contributed by atoms with E-state index in [0.717, 1.165) is 27.6 Å². The summed E-state index contributed by atoms with van der Waals surface area (Å²) in [6.07, 6.45) is 1.06. The normalized spacial score (nSPS) is 11.9. The van der Waals surface area contributed by atoms with Crippen LogP contribution < -0.4 is 10.1 Å². The third-order valence-electron chi connectivity index (χ3n) is 5.77. The van der Waals surface area contributed by atoms with Crippen LogP contribution in [0.1, 0.15) is 34.0 Å². The summed E-state index contributed by atoms with van der Waals surface area (Å²) in [7, 11) is 8.19. The van der Waals surface area contributed by atoms with E-state index in [2.05, 4.69) is 5.32 Å². The van der Waals surface area contributed by atoms with Crippen molar-refractivity contribution in [2.45, 2.75) is 25.8 Å². The number of carbonyl (C=O) groups is 2. The van der Waals surface area contributed by atoms with Crippen LogP contribution in [0.25, 0.3) is 10.9 Å². The Morgan fingerprint density at radius 2 is 1.82 bits per heavy atom. The van der Waals surface area contributed by atoms with Gasteiger partial charge in [-0.25, -0.2) is 9.59 Å². The summed E-state index contributed by atoms with van der Waals surface area (Å²) < 4.78 is 12.2. The number of hydrogen-bond donors (Lipinski definition) is 1. The summed E-state index contributed by atoms with van der Waals surface area (Å²) >= 11 is 13.3. The monoisotopic (exact) mass is 505 g/mol. The Bertz CT molecular complexity index is 1240. The third kappa shape index (κ3) is 5.26. The molecule has 1 aromatic heterocycles. The highest BCUT2D eigenvalue weighted by atomic mass is 35.5. The number of hydrogen-bond acceptors (Lipinski definition) is 4. The van der Waals surface area contributed by atoms with Crippen LogP contribution in [0, 0.1) is 0 Å². The number of carbonyl (C=O) groups excluding carboxylic acids is 2. The quantitative estimate of drug-likeness (QED) is 0.454. The summed E-state index contributed by atoms with van der Waals surface area (Å²) in [5.74, 6) is 0.146. The van der Waals surface area contributed by atoms with Crippen molar-refractivity contribution in [2.24, 2.45) is 7.05 Å². The highest BCUT2D eigenvalue weighted by molar-refractivity contribution is 6.34. The number of rotatable bonds is 7. The fourth-order valence-electron chi connectivity index (χ4n) is 3.92. The van der Waals surface area contributed by atoms with Gasteiger partial charge in [-0.1, -0.05) is 29.3 Å². The number of urea groups is 1. The molecular weight excluding hydrogens is 477 g/mol. The van der Waals surface area contributed by atoms with E-state index in [9.17, 15) is 9.59 Å². The predicted octanol–water partition coefficient (Wildman–Crippen LogP) is 5.07. The number of esters is 1. The molecule has 34 heavy (non-hydrogen) atoms. The van der Waals surface area contributed by atoms with Gasteiger partial charge in [0, 0.05) is 49.6 Å². The molecule has 0 saturated carbocycles. The summed E-state index contributed by atoms with van der Waals surface area (Å²) in [6, 6.07) is 8.88. The fourth-order valence-corrected chi connectivity index (χ4v) is 4.41. The Kier molecular flexibility index (Phi) is 8.00. The van der Waals surface area contributed by atoms with E-state index in [4.69, 9.17) is 32.7 Å². The van der Waals surface area contributed by atoms with Crippen LogP contribution in [0.2, 0.25) is 10.2 Å². The zero-order valence-corrected chi connectivity index (χ0v) is 21.7. The Balaban J connectivity index is 2.00. The Hall–Kier alpha value is -2.90. The van der Waals surface area contributed by atoms with Gasteiger partial charge in [0.1, 0.15) is 10.9 Å². The molecular formula is C25H29Cl2N3O4. The lowest BCUT2D eigenvalue weighted by Crippen LogP contribution is -2.40. The maximum absolute atomic E-state index is 12.0. The van der Waals surface area contributed by atoms with Crippen LogP contribution in [0.3, 0.4) is 0 Å². The lowest BCUT2D eigenvalue weighted by Gasteiger charge is -2.18. The second kappa shape index (κ2) is 10.6. The highest BCUT2D eigenvalue weighted by Gasteiger charge is 2.20. The molecule has 7 nitrogen and oxygen atoms in total. The van der Waals surface area contributed by atoms with Crippen molar-refractivity contribution >= 4 is 46.1 Å². The van der Waals surface area contributed by atoms with E-state index in [1.165, 1.54) is 12.0 Å². The van der Waals surface area contributed by atoms with Crippen LogP contribution in [0.4, 0.5) is 4.79 Å². The van der Waals surface area contributed by atoms with Crippen LogP contribution in [0.5, 0.6) is 5.75 Å². The van der Waals surface area contributed by atoms with Crippen molar-refractivity contribution in [3.63, 3.8) is 0 Å². The standard InChI is InChI=1S/C25H29Cl2N3O4/c1-14(28-25(32)29(2)3)9-17-11-18-19(23(27)30(4)21(18)13-20(17)26)10-15-7-8-16(24(31)34-6)12-22(15)33-5/h7-8,11-14H,9-10H2,1-6H3,(H,28,32). The summed E-state index contributed by atoms with van der Waals surface area (Å²) in [5.41, 5.74) is 4.04. The predicted molar refractivity (Wildman–Crippen MR) is 135 cm³/mol. The van der Waals surface area contributed by atoms with Crippen LogP contribution in [0.15, 0.2) is 30.3 Å². The average molecular weight is 506 g/mol. The molecule has 1 heterocycles. The number of halogens is 2.